The van der Waals surface area contributed by atoms with Crippen molar-refractivity contribution in [2.75, 3.05) is 5.32 Å². The van der Waals surface area contributed by atoms with Crippen molar-refractivity contribution in [2.45, 2.75) is 13.0 Å². The number of nitrogens with zero attached hydrogens (tertiary/aromatic N) is 6. The molecule has 1 atom stereocenters. The third-order valence-electron chi connectivity index (χ3n) is 1.93. The second-order valence-electron chi connectivity index (χ2n) is 3.24. The number of hydrogen-bond acceptors (Lipinski definition) is 6. The molecule has 1 N–H and O–H groups in total. The lowest BCUT2D eigenvalue weighted by Crippen LogP contribution is -2.16. The van der Waals surface area contributed by atoms with Gasteiger partial charge in [0.2, 0.25) is 11.2 Å². The molecule has 0 bridgehead atoms. The summed E-state index contributed by atoms with van der Waals surface area (Å²) in [7, 11) is 0. The highest BCUT2D eigenvalue weighted by Crippen LogP contribution is 2.09. The molecule has 0 aliphatic rings. The molecule has 0 aliphatic carbocycles. The highest BCUT2D eigenvalue weighted by atomic mass is 35.5. The Hall–Kier alpha value is -2.02. The summed E-state index contributed by atoms with van der Waals surface area (Å²) in [6.07, 6.45) is 4.59. The average molecular weight is 252 g/mol. The summed E-state index contributed by atoms with van der Waals surface area (Å²) in [4.78, 5) is 15.9. The highest BCUT2D eigenvalue weighted by Gasteiger charge is 2.08. The summed E-state index contributed by atoms with van der Waals surface area (Å²) in [5.41, 5.74) is 0. The number of anilines is 1. The quantitative estimate of drug-likeness (QED) is 0.820. The Bertz CT molecular complexity index is 510. The third kappa shape index (κ3) is 2.76. The van der Waals surface area contributed by atoms with Gasteiger partial charge in [-0.15, -0.1) is 6.58 Å². The third-order valence-corrected chi connectivity index (χ3v) is 2.10. The predicted molar refractivity (Wildman–Crippen MR) is 63.0 cm³/mol. The van der Waals surface area contributed by atoms with Crippen molar-refractivity contribution in [3.8, 4) is 5.95 Å². The Balaban J connectivity index is 2.33. The molecule has 7 nitrogen and oxygen atoms in total. The number of aromatic nitrogens is 6. The molecular weight excluding hydrogens is 242 g/mol. The van der Waals surface area contributed by atoms with E-state index in [1.165, 1.54) is 17.3 Å². The first-order valence-corrected chi connectivity index (χ1v) is 5.22. The van der Waals surface area contributed by atoms with Gasteiger partial charge in [0.05, 0.1) is 0 Å². The fraction of sp³-hybridized carbons (Fsp3) is 0.222. The molecule has 0 aromatic carbocycles. The maximum atomic E-state index is 5.80. The Kier molecular flexibility index (Phi) is 3.29. The normalized spacial score (nSPS) is 12.1. The van der Waals surface area contributed by atoms with E-state index in [2.05, 4.69) is 36.9 Å². The van der Waals surface area contributed by atoms with Gasteiger partial charge in [-0.25, -0.2) is 4.98 Å². The summed E-state index contributed by atoms with van der Waals surface area (Å²) >= 11 is 5.80. The molecular formula is C9H10ClN7. The van der Waals surface area contributed by atoms with Gasteiger partial charge < -0.3 is 5.32 Å². The van der Waals surface area contributed by atoms with Crippen molar-refractivity contribution in [1.82, 2.24) is 29.7 Å². The molecule has 0 saturated heterocycles. The van der Waals surface area contributed by atoms with Crippen molar-refractivity contribution in [3.05, 3.63) is 30.6 Å². The highest BCUT2D eigenvalue weighted by molar-refractivity contribution is 6.28. The van der Waals surface area contributed by atoms with Gasteiger partial charge in [-0.3, -0.25) is 0 Å². The molecule has 0 aliphatic heterocycles. The molecule has 2 aromatic rings. The van der Waals surface area contributed by atoms with E-state index >= 15 is 0 Å². The zero-order chi connectivity index (χ0) is 12.3. The average Bonchev–Trinajstić information content (AvgIpc) is 2.81. The van der Waals surface area contributed by atoms with Crippen LogP contribution in [0.25, 0.3) is 5.95 Å². The van der Waals surface area contributed by atoms with E-state index < -0.39 is 0 Å². The standard InChI is InChI=1S/C9H10ClN7/c1-3-6(2)13-8-14-7(10)15-9(16-8)17-5-11-4-12-17/h3-6H,1H2,2H3,(H,13,14,15,16). The molecule has 1 unspecified atom stereocenters. The van der Waals surface area contributed by atoms with Gasteiger partial charge in [0, 0.05) is 6.04 Å². The van der Waals surface area contributed by atoms with E-state index in [0.29, 0.717) is 11.9 Å². The van der Waals surface area contributed by atoms with Gasteiger partial charge in [0.1, 0.15) is 12.7 Å². The van der Waals surface area contributed by atoms with Gasteiger partial charge in [-0.1, -0.05) is 6.08 Å². The molecule has 2 aromatic heterocycles. The lowest BCUT2D eigenvalue weighted by atomic mass is 10.3. The molecule has 17 heavy (non-hydrogen) atoms. The molecule has 0 fully saturated rings. The van der Waals surface area contributed by atoms with Gasteiger partial charge in [0.25, 0.3) is 5.95 Å². The fourth-order valence-electron chi connectivity index (χ4n) is 1.08. The first-order valence-electron chi connectivity index (χ1n) is 4.84. The first kappa shape index (κ1) is 11.5. The van der Waals surface area contributed by atoms with Crippen LogP contribution < -0.4 is 5.32 Å². The minimum absolute atomic E-state index is 0.0251. The Morgan fingerprint density at radius 2 is 2.29 bits per heavy atom. The maximum absolute atomic E-state index is 5.80. The second-order valence-corrected chi connectivity index (χ2v) is 3.57. The topological polar surface area (TPSA) is 81.4 Å². The largest absolute Gasteiger partial charge is 0.348 e. The molecule has 8 heteroatoms. The summed E-state index contributed by atoms with van der Waals surface area (Å²) < 4.78 is 1.40. The zero-order valence-electron chi connectivity index (χ0n) is 9.08. The van der Waals surface area contributed by atoms with Crippen LogP contribution in [0.1, 0.15) is 6.92 Å². The van der Waals surface area contributed by atoms with Crippen LogP contribution in [0.15, 0.2) is 25.3 Å². The summed E-state index contributed by atoms with van der Waals surface area (Å²) in [6.45, 7) is 5.57. The van der Waals surface area contributed by atoms with E-state index in [0.717, 1.165) is 0 Å². The van der Waals surface area contributed by atoms with Crippen LogP contribution >= 0.6 is 11.6 Å². The monoisotopic (exact) mass is 251 g/mol. The van der Waals surface area contributed by atoms with E-state index in [9.17, 15) is 0 Å². The smallest absolute Gasteiger partial charge is 0.258 e. The first-order chi connectivity index (χ1) is 8.19. The SMILES string of the molecule is C=CC(C)Nc1nc(Cl)nc(-n2cncn2)n1. The van der Waals surface area contributed by atoms with Gasteiger partial charge in [0.15, 0.2) is 0 Å². The van der Waals surface area contributed by atoms with Crippen LogP contribution in [0.4, 0.5) is 5.95 Å². The predicted octanol–water partition coefficient (Wildman–Crippen LogP) is 1.09. The Morgan fingerprint density at radius 1 is 1.47 bits per heavy atom. The molecule has 0 amide bonds. The molecule has 0 saturated carbocycles. The fourth-order valence-corrected chi connectivity index (χ4v) is 1.24. The van der Waals surface area contributed by atoms with Crippen LogP contribution in [0.2, 0.25) is 5.28 Å². The van der Waals surface area contributed by atoms with Gasteiger partial charge in [-0.05, 0) is 18.5 Å². The van der Waals surface area contributed by atoms with Crippen molar-refractivity contribution in [1.29, 1.82) is 0 Å². The number of halogens is 1. The van der Waals surface area contributed by atoms with E-state index in [-0.39, 0.29) is 11.3 Å². The van der Waals surface area contributed by atoms with Crippen molar-refractivity contribution < 1.29 is 0 Å². The molecule has 88 valence electrons. The van der Waals surface area contributed by atoms with Crippen molar-refractivity contribution in [3.63, 3.8) is 0 Å². The lowest BCUT2D eigenvalue weighted by molar-refractivity contribution is 0.790. The molecule has 2 rings (SSSR count). The van der Waals surface area contributed by atoms with Gasteiger partial charge in [-0.2, -0.15) is 24.7 Å². The second kappa shape index (κ2) is 4.88. The maximum Gasteiger partial charge on any atom is 0.258 e. The van der Waals surface area contributed by atoms with Crippen LogP contribution in [-0.4, -0.2) is 35.8 Å². The zero-order valence-corrected chi connectivity index (χ0v) is 9.83. The lowest BCUT2D eigenvalue weighted by Gasteiger charge is -2.09. The minimum atomic E-state index is 0.0251. The molecule has 2 heterocycles. The summed E-state index contributed by atoms with van der Waals surface area (Å²) in [5.74, 6) is 0.671. The van der Waals surface area contributed by atoms with Crippen LogP contribution in [0.3, 0.4) is 0 Å². The summed E-state index contributed by atoms with van der Waals surface area (Å²) in [5, 5.41) is 7.01. The minimum Gasteiger partial charge on any atom is -0.348 e. The van der Waals surface area contributed by atoms with E-state index in [4.69, 9.17) is 11.6 Å². The van der Waals surface area contributed by atoms with Crippen molar-refractivity contribution in [2.24, 2.45) is 0 Å². The van der Waals surface area contributed by atoms with E-state index in [1.807, 2.05) is 6.92 Å². The van der Waals surface area contributed by atoms with Gasteiger partial charge >= 0.3 is 0 Å². The number of nitrogens with one attached hydrogen (secondary N) is 1. The van der Waals surface area contributed by atoms with Crippen LogP contribution in [-0.2, 0) is 0 Å². The van der Waals surface area contributed by atoms with Crippen LogP contribution in [0, 0.1) is 0 Å². The van der Waals surface area contributed by atoms with Crippen molar-refractivity contribution >= 4 is 17.5 Å². The Labute approximate surface area is 103 Å². The van der Waals surface area contributed by atoms with E-state index in [1.54, 1.807) is 6.08 Å². The molecule has 0 spiro atoms. The number of rotatable bonds is 4. The van der Waals surface area contributed by atoms with Crippen LogP contribution in [0.5, 0.6) is 0 Å². The molecule has 0 radical (unpaired) electrons. The Morgan fingerprint density at radius 3 is 2.94 bits per heavy atom. The summed E-state index contributed by atoms with van der Waals surface area (Å²) in [6, 6.07) is 0.0251. The number of hydrogen-bond donors (Lipinski definition) is 1.